The molecule has 58 heavy (non-hydrogen) atoms. The van der Waals surface area contributed by atoms with Gasteiger partial charge in [0.15, 0.2) is 0 Å². The number of rotatable bonds is 11. The summed E-state index contributed by atoms with van der Waals surface area (Å²) in [4.78, 5) is 79.2. The zero-order chi connectivity index (χ0) is 40.8. The molecule has 0 aromatic heterocycles. The molecule has 0 bridgehead atoms. The van der Waals surface area contributed by atoms with Gasteiger partial charge in [-0.25, -0.2) is 0 Å². The summed E-state index contributed by atoms with van der Waals surface area (Å²) in [7, 11) is 0. The van der Waals surface area contributed by atoms with Crippen LogP contribution in [0.15, 0.2) is 84.9 Å². The number of carbonyl (C=O) groups is 5. The van der Waals surface area contributed by atoms with E-state index in [0.717, 1.165) is 46.2 Å². The third-order valence-corrected chi connectivity index (χ3v) is 11.3. The summed E-state index contributed by atoms with van der Waals surface area (Å²) in [6.07, 6.45) is 2.75. The van der Waals surface area contributed by atoms with Gasteiger partial charge in [0.25, 0.3) is 0 Å². The van der Waals surface area contributed by atoms with Crippen LogP contribution in [0, 0.1) is 0 Å². The number of amides is 5. The zero-order valence-corrected chi connectivity index (χ0v) is 32.9. The lowest BCUT2D eigenvalue weighted by Gasteiger charge is -2.31. The van der Waals surface area contributed by atoms with Gasteiger partial charge >= 0.3 is 0 Å². The SMILES string of the molecule is NCCCN1CC(=O)N(CCCN)CC(=O)N(c2ccc3c(c2)-c2ccccc2C3)CC(=O)N(CCCN)CC(=O)N(c2ccc3c(c2)-c2ccccc2C3)CC1=O. The van der Waals surface area contributed by atoms with E-state index in [-0.39, 0.29) is 72.0 Å². The Balaban J connectivity index is 1.29. The smallest absolute Gasteiger partial charge is 0.247 e. The molecule has 13 heteroatoms. The van der Waals surface area contributed by atoms with Crippen LogP contribution in [0.1, 0.15) is 41.5 Å². The molecule has 6 N–H and O–H groups in total. The highest BCUT2D eigenvalue weighted by Gasteiger charge is 2.33. The van der Waals surface area contributed by atoms with E-state index in [9.17, 15) is 24.0 Å². The van der Waals surface area contributed by atoms with E-state index in [1.807, 2.05) is 72.8 Å². The summed E-state index contributed by atoms with van der Waals surface area (Å²) < 4.78 is 0. The molecule has 302 valence electrons. The molecule has 1 heterocycles. The highest BCUT2D eigenvalue weighted by Crippen LogP contribution is 2.40. The van der Waals surface area contributed by atoms with Crippen molar-refractivity contribution in [2.24, 2.45) is 17.2 Å². The number of hydrogen-bond acceptors (Lipinski definition) is 8. The molecule has 2 aliphatic carbocycles. The predicted octanol–water partition coefficient (Wildman–Crippen LogP) is 2.74. The van der Waals surface area contributed by atoms with Crippen molar-refractivity contribution < 1.29 is 24.0 Å². The second kappa shape index (κ2) is 18.1. The van der Waals surface area contributed by atoms with Crippen molar-refractivity contribution in [3.8, 4) is 22.3 Å². The summed E-state index contributed by atoms with van der Waals surface area (Å²) in [5.74, 6) is -2.35. The van der Waals surface area contributed by atoms with E-state index < -0.39 is 29.5 Å². The molecule has 0 radical (unpaired) electrons. The summed E-state index contributed by atoms with van der Waals surface area (Å²) >= 11 is 0. The first-order chi connectivity index (χ1) is 28.2. The number of anilines is 2. The molecule has 5 amide bonds. The Morgan fingerprint density at radius 3 is 1.14 bits per heavy atom. The van der Waals surface area contributed by atoms with E-state index in [0.29, 0.717) is 30.6 Å². The Hall–Kier alpha value is -5.89. The molecule has 0 spiro atoms. The first kappa shape index (κ1) is 40.3. The molecule has 0 saturated carbocycles. The van der Waals surface area contributed by atoms with Crippen molar-refractivity contribution in [1.29, 1.82) is 0 Å². The summed E-state index contributed by atoms with van der Waals surface area (Å²) in [6, 6.07) is 27.6. The van der Waals surface area contributed by atoms with Crippen LogP contribution >= 0.6 is 0 Å². The number of carbonyl (C=O) groups excluding carboxylic acids is 5. The molecule has 1 aliphatic heterocycles. The van der Waals surface area contributed by atoms with Crippen LogP contribution in [-0.2, 0) is 36.8 Å². The number of hydrogen-bond donors (Lipinski definition) is 3. The fourth-order valence-electron chi connectivity index (χ4n) is 8.16. The number of nitrogens with zero attached hydrogens (tertiary/aromatic N) is 5. The van der Waals surface area contributed by atoms with Crippen molar-refractivity contribution in [2.45, 2.75) is 32.1 Å². The van der Waals surface area contributed by atoms with Crippen LogP contribution in [0.25, 0.3) is 22.3 Å². The largest absolute Gasteiger partial charge is 0.332 e. The number of nitrogens with two attached hydrogens (primary N) is 3. The van der Waals surface area contributed by atoms with Gasteiger partial charge in [-0.05, 0) is 121 Å². The Morgan fingerprint density at radius 1 is 0.397 bits per heavy atom. The second-order valence-electron chi connectivity index (χ2n) is 15.2. The quantitative estimate of drug-likeness (QED) is 0.180. The minimum absolute atomic E-state index is 0.157. The van der Waals surface area contributed by atoms with Crippen LogP contribution in [0.5, 0.6) is 0 Å². The maximum Gasteiger partial charge on any atom is 0.247 e. The van der Waals surface area contributed by atoms with Crippen molar-refractivity contribution in [3.63, 3.8) is 0 Å². The Bertz CT molecular complexity index is 2110. The Labute approximate surface area is 339 Å². The van der Waals surface area contributed by atoms with Gasteiger partial charge in [0, 0.05) is 31.0 Å². The molecular weight excluding hydrogens is 733 g/mol. The summed E-state index contributed by atoms with van der Waals surface area (Å²) in [5.41, 5.74) is 27.3. The fourth-order valence-corrected chi connectivity index (χ4v) is 8.16. The van der Waals surface area contributed by atoms with Gasteiger partial charge in [0.05, 0.1) is 6.54 Å². The van der Waals surface area contributed by atoms with E-state index in [4.69, 9.17) is 17.2 Å². The van der Waals surface area contributed by atoms with Crippen LogP contribution < -0.4 is 27.0 Å². The first-order valence-corrected chi connectivity index (χ1v) is 20.2. The molecule has 13 nitrogen and oxygen atoms in total. The Kier molecular flexibility index (Phi) is 12.6. The maximum absolute atomic E-state index is 14.6. The van der Waals surface area contributed by atoms with Crippen molar-refractivity contribution in [3.05, 3.63) is 107 Å². The molecule has 0 unspecified atom stereocenters. The lowest BCUT2D eigenvalue weighted by molar-refractivity contribution is -0.141. The lowest BCUT2D eigenvalue weighted by Crippen LogP contribution is -2.50. The molecule has 4 aromatic rings. The topological polar surface area (TPSA) is 180 Å². The average molecular weight is 785 g/mol. The van der Waals surface area contributed by atoms with E-state index in [2.05, 4.69) is 12.1 Å². The first-order valence-electron chi connectivity index (χ1n) is 20.2. The van der Waals surface area contributed by atoms with Gasteiger partial charge in [-0.3, -0.25) is 24.0 Å². The average Bonchev–Trinajstić information content (AvgIpc) is 3.80. The van der Waals surface area contributed by atoms with E-state index in [1.54, 1.807) is 0 Å². The molecule has 1 fully saturated rings. The van der Waals surface area contributed by atoms with Crippen LogP contribution in [0.2, 0.25) is 0 Å². The fraction of sp³-hybridized carbons (Fsp3) is 0.356. The highest BCUT2D eigenvalue weighted by atomic mass is 16.2. The van der Waals surface area contributed by atoms with E-state index >= 15 is 0 Å². The van der Waals surface area contributed by atoms with Gasteiger partial charge < -0.3 is 41.7 Å². The Morgan fingerprint density at radius 2 is 0.741 bits per heavy atom. The third-order valence-electron chi connectivity index (χ3n) is 11.3. The minimum Gasteiger partial charge on any atom is -0.332 e. The predicted molar refractivity (Wildman–Crippen MR) is 225 cm³/mol. The lowest BCUT2D eigenvalue weighted by atomic mass is 10.0. The zero-order valence-electron chi connectivity index (χ0n) is 32.9. The summed E-state index contributed by atoms with van der Waals surface area (Å²) in [6.45, 7) is -0.465. The molecule has 7 rings (SSSR count). The number of benzene rings is 4. The van der Waals surface area contributed by atoms with Gasteiger partial charge in [0.1, 0.15) is 26.2 Å². The molecule has 0 atom stereocenters. The van der Waals surface area contributed by atoms with Crippen LogP contribution in [0.3, 0.4) is 0 Å². The van der Waals surface area contributed by atoms with Crippen LogP contribution in [0.4, 0.5) is 11.4 Å². The monoisotopic (exact) mass is 784 g/mol. The molecule has 1 saturated heterocycles. The summed E-state index contributed by atoms with van der Waals surface area (Å²) in [5, 5.41) is 0. The highest BCUT2D eigenvalue weighted by molar-refractivity contribution is 6.05. The standard InChI is InChI=1S/C45H52N8O5/c46-16-5-19-49-26-41(54)50(20-6-17-47)27-44(57)53(36-15-13-34-23-32-9-2-4-11-38(32)40(34)25-36)30-43(56)51(21-7-18-48)28-45(58)52(29-42(49)55)35-14-12-33-22-31-8-1-3-10-37(31)39(33)24-35/h1-4,8-15,24-25H,5-7,16-23,26-30,46-48H2. The van der Waals surface area contributed by atoms with Crippen molar-refractivity contribution >= 4 is 40.9 Å². The molecular formula is C45H52N8O5. The maximum atomic E-state index is 14.6. The second-order valence-corrected chi connectivity index (χ2v) is 15.2. The third kappa shape index (κ3) is 8.66. The van der Waals surface area contributed by atoms with Crippen molar-refractivity contribution in [1.82, 2.24) is 14.7 Å². The normalized spacial score (nSPS) is 16.3. The minimum atomic E-state index is -0.485. The van der Waals surface area contributed by atoms with Crippen molar-refractivity contribution in [2.75, 3.05) is 81.8 Å². The van der Waals surface area contributed by atoms with E-state index in [1.165, 1.54) is 35.6 Å². The van der Waals surface area contributed by atoms with Gasteiger partial charge in [-0.1, -0.05) is 60.7 Å². The van der Waals surface area contributed by atoms with Gasteiger partial charge in [0.2, 0.25) is 29.5 Å². The van der Waals surface area contributed by atoms with Gasteiger partial charge in [-0.15, -0.1) is 0 Å². The molecule has 3 aliphatic rings. The van der Waals surface area contributed by atoms with Gasteiger partial charge in [-0.2, -0.15) is 0 Å². The molecule has 4 aromatic carbocycles. The number of fused-ring (bicyclic) bond motifs is 6. The van der Waals surface area contributed by atoms with Crippen LogP contribution in [-0.4, -0.2) is 116 Å².